The molecule has 0 aromatic carbocycles. The molecule has 1 saturated carbocycles. The molecule has 0 bridgehead atoms. The second kappa shape index (κ2) is 6.45. The number of rotatable bonds is 5. The summed E-state index contributed by atoms with van der Waals surface area (Å²) in [6, 6.07) is 0.148. The normalized spacial score (nSPS) is 22.5. The fourth-order valence-corrected chi connectivity index (χ4v) is 2.62. The molecular weight excluding hydrogens is 272 g/mol. The summed E-state index contributed by atoms with van der Waals surface area (Å²) in [4.78, 5) is 36.6. The quantitative estimate of drug-likeness (QED) is 0.788. The number of aliphatic carboxylic acids is 1. The lowest BCUT2D eigenvalue weighted by Gasteiger charge is -2.34. The van der Waals surface area contributed by atoms with Crippen LogP contribution < -0.4 is 5.32 Å². The second-order valence-corrected chi connectivity index (χ2v) is 6.30. The number of hydrogen-bond acceptors (Lipinski definition) is 3. The van der Waals surface area contributed by atoms with Crippen molar-refractivity contribution in [1.82, 2.24) is 10.2 Å². The minimum absolute atomic E-state index is 0.100. The van der Waals surface area contributed by atoms with Crippen molar-refractivity contribution in [1.29, 1.82) is 0 Å². The van der Waals surface area contributed by atoms with Gasteiger partial charge in [-0.2, -0.15) is 0 Å². The molecule has 0 aromatic rings. The van der Waals surface area contributed by atoms with Gasteiger partial charge in [-0.25, -0.2) is 0 Å². The molecule has 0 aromatic heterocycles. The predicted molar refractivity (Wildman–Crippen MR) is 76.4 cm³/mol. The van der Waals surface area contributed by atoms with Crippen molar-refractivity contribution < 1.29 is 19.5 Å². The zero-order valence-corrected chi connectivity index (χ0v) is 12.7. The average Bonchev–Trinajstić information content (AvgIpc) is 3.30. The van der Waals surface area contributed by atoms with Gasteiger partial charge >= 0.3 is 5.97 Å². The van der Waals surface area contributed by atoms with Crippen molar-refractivity contribution in [3.05, 3.63) is 0 Å². The number of amides is 2. The third-order valence-corrected chi connectivity index (χ3v) is 4.63. The fraction of sp³-hybridized carbons (Fsp3) is 0.800. The van der Waals surface area contributed by atoms with E-state index < -0.39 is 17.8 Å². The van der Waals surface area contributed by atoms with Crippen LogP contribution in [0.15, 0.2) is 0 Å². The van der Waals surface area contributed by atoms with Gasteiger partial charge in [-0.3, -0.25) is 14.4 Å². The molecule has 2 aliphatic rings. The minimum atomic E-state index is -0.942. The van der Waals surface area contributed by atoms with E-state index in [1.54, 1.807) is 18.7 Å². The summed E-state index contributed by atoms with van der Waals surface area (Å²) < 4.78 is 0. The Morgan fingerprint density at radius 2 is 1.62 bits per heavy atom. The second-order valence-electron chi connectivity index (χ2n) is 6.30. The van der Waals surface area contributed by atoms with Gasteiger partial charge in [-0.15, -0.1) is 0 Å². The zero-order chi connectivity index (χ0) is 15.6. The van der Waals surface area contributed by atoms with E-state index in [0.29, 0.717) is 13.1 Å². The molecular formula is C15H24N2O4. The molecule has 1 aliphatic heterocycles. The van der Waals surface area contributed by atoms with Gasteiger partial charge in [-0.05, 0) is 25.7 Å². The average molecular weight is 296 g/mol. The molecule has 2 rings (SSSR count). The maximum Gasteiger partial charge on any atom is 0.307 e. The largest absolute Gasteiger partial charge is 0.481 e. The van der Waals surface area contributed by atoms with Crippen LogP contribution in [0, 0.1) is 17.8 Å². The monoisotopic (exact) mass is 296 g/mol. The lowest BCUT2D eigenvalue weighted by atomic mass is 9.93. The van der Waals surface area contributed by atoms with Crippen molar-refractivity contribution in [2.45, 2.75) is 45.6 Å². The Morgan fingerprint density at radius 1 is 1.05 bits per heavy atom. The minimum Gasteiger partial charge on any atom is -0.481 e. The smallest absolute Gasteiger partial charge is 0.307 e. The van der Waals surface area contributed by atoms with E-state index in [-0.39, 0.29) is 23.8 Å². The summed E-state index contributed by atoms with van der Waals surface area (Å²) in [6.07, 6.45) is 3.48. The number of carbonyl (C=O) groups excluding carboxylic acids is 2. The van der Waals surface area contributed by atoms with E-state index in [1.165, 1.54) is 0 Å². The van der Waals surface area contributed by atoms with Crippen LogP contribution in [0.4, 0.5) is 0 Å². The Morgan fingerprint density at radius 3 is 2.10 bits per heavy atom. The number of nitrogens with zero attached hydrogens (tertiary/aromatic N) is 1. The molecule has 0 spiro atoms. The van der Waals surface area contributed by atoms with Gasteiger partial charge in [0.15, 0.2) is 0 Å². The molecule has 6 heteroatoms. The summed E-state index contributed by atoms with van der Waals surface area (Å²) in [5.41, 5.74) is 0. The Hall–Kier alpha value is -1.59. The van der Waals surface area contributed by atoms with Crippen LogP contribution in [0.3, 0.4) is 0 Å². The maximum absolute atomic E-state index is 12.3. The van der Waals surface area contributed by atoms with E-state index in [1.807, 2.05) is 0 Å². The highest BCUT2D eigenvalue weighted by Gasteiger charge is 2.34. The number of carboxylic acid groups (broad SMARTS) is 1. The van der Waals surface area contributed by atoms with Crippen molar-refractivity contribution >= 4 is 17.8 Å². The maximum atomic E-state index is 12.3. The van der Waals surface area contributed by atoms with Gasteiger partial charge in [-0.1, -0.05) is 13.8 Å². The molecule has 118 valence electrons. The van der Waals surface area contributed by atoms with Crippen LogP contribution in [0.25, 0.3) is 0 Å². The summed E-state index contributed by atoms with van der Waals surface area (Å²) in [5, 5.41) is 12.0. The van der Waals surface area contributed by atoms with Crippen molar-refractivity contribution in [3.63, 3.8) is 0 Å². The highest BCUT2D eigenvalue weighted by atomic mass is 16.4. The van der Waals surface area contributed by atoms with E-state index in [0.717, 1.165) is 25.7 Å². The van der Waals surface area contributed by atoms with Gasteiger partial charge in [0.1, 0.15) is 0 Å². The molecule has 2 atom stereocenters. The molecule has 1 heterocycles. The topological polar surface area (TPSA) is 86.7 Å². The first-order chi connectivity index (χ1) is 9.90. The molecule has 1 saturated heterocycles. The van der Waals surface area contributed by atoms with E-state index >= 15 is 0 Å². The molecule has 21 heavy (non-hydrogen) atoms. The van der Waals surface area contributed by atoms with Gasteiger partial charge in [0, 0.05) is 31.0 Å². The molecule has 2 fully saturated rings. The Kier molecular flexibility index (Phi) is 4.85. The molecule has 1 aliphatic carbocycles. The van der Waals surface area contributed by atoms with Gasteiger partial charge in [0.2, 0.25) is 11.8 Å². The van der Waals surface area contributed by atoms with E-state index in [4.69, 9.17) is 5.11 Å². The number of carboxylic acids is 1. The summed E-state index contributed by atoms with van der Waals surface area (Å²) in [5.74, 6) is -1.88. The number of hydrogen-bond donors (Lipinski definition) is 2. The Balaban J connectivity index is 1.78. The van der Waals surface area contributed by atoms with Crippen molar-refractivity contribution in [2.24, 2.45) is 17.8 Å². The standard InChI is InChI=1S/C15H24N2O4/c1-9(10(2)15(20)21)14(19)17-7-5-12(6-8-17)16-13(18)11-3-4-11/h9-12H,3-8H2,1-2H3,(H,16,18)(H,20,21). The van der Waals surface area contributed by atoms with E-state index in [9.17, 15) is 14.4 Å². The van der Waals surface area contributed by atoms with Gasteiger partial charge < -0.3 is 15.3 Å². The summed E-state index contributed by atoms with van der Waals surface area (Å²) in [6.45, 7) is 4.41. The van der Waals surface area contributed by atoms with Gasteiger partial charge in [0.05, 0.1) is 5.92 Å². The number of likely N-dealkylation sites (tertiary alicyclic amines) is 1. The number of nitrogens with one attached hydrogen (secondary N) is 1. The molecule has 6 nitrogen and oxygen atoms in total. The van der Waals surface area contributed by atoms with E-state index in [2.05, 4.69) is 5.32 Å². The first-order valence-corrected chi connectivity index (χ1v) is 7.72. The number of carbonyl (C=O) groups is 3. The molecule has 2 unspecified atom stereocenters. The Labute approximate surface area is 124 Å². The molecule has 2 N–H and O–H groups in total. The van der Waals surface area contributed by atoms with Gasteiger partial charge in [0.25, 0.3) is 0 Å². The lowest BCUT2D eigenvalue weighted by Crippen LogP contribution is -2.49. The van der Waals surface area contributed by atoms with Crippen molar-refractivity contribution in [2.75, 3.05) is 13.1 Å². The third kappa shape index (κ3) is 3.95. The van der Waals surface area contributed by atoms with Crippen LogP contribution in [-0.4, -0.2) is 46.9 Å². The summed E-state index contributed by atoms with van der Waals surface area (Å²) in [7, 11) is 0. The zero-order valence-electron chi connectivity index (χ0n) is 12.7. The molecule has 0 radical (unpaired) electrons. The summed E-state index contributed by atoms with van der Waals surface area (Å²) >= 11 is 0. The van der Waals surface area contributed by atoms with Crippen molar-refractivity contribution in [3.8, 4) is 0 Å². The van der Waals surface area contributed by atoms with Crippen LogP contribution in [0.5, 0.6) is 0 Å². The first kappa shape index (κ1) is 15.8. The fourth-order valence-electron chi connectivity index (χ4n) is 2.62. The highest BCUT2D eigenvalue weighted by Crippen LogP contribution is 2.29. The Bertz CT molecular complexity index is 425. The first-order valence-electron chi connectivity index (χ1n) is 7.72. The molecule has 2 amide bonds. The number of piperidine rings is 1. The predicted octanol–water partition coefficient (Wildman–Crippen LogP) is 0.860. The highest BCUT2D eigenvalue weighted by molar-refractivity contribution is 5.84. The lowest BCUT2D eigenvalue weighted by molar-refractivity contribution is -0.149. The van der Waals surface area contributed by atoms with Crippen LogP contribution >= 0.6 is 0 Å². The van der Waals surface area contributed by atoms with Crippen LogP contribution in [0.2, 0.25) is 0 Å². The van der Waals surface area contributed by atoms with Crippen LogP contribution in [-0.2, 0) is 14.4 Å². The SMILES string of the molecule is CC(C(=O)O)C(C)C(=O)N1CCC(NC(=O)C2CC2)CC1. The van der Waals surface area contributed by atoms with Crippen LogP contribution in [0.1, 0.15) is 39.5 Å². The third-order valence-electron chi connectivity index (χ3n) is 4.63.